The van der Waals surface area contributed by atoms with Crippen molar-refractivity contribution in [2.75, 3.05) is 0 Å². The molecule has 3 aromatic carbocycles. The van der Waals surface area contributed by atoms with Gasteiger partial charge in [-0.25, -0.2) is 0 Å². The molecule has 0 saturated heterocycles. The van der Waals surface area contributed by atoms with E-state index in [0.717, 1.165) is 56.4 Å². The Morgan fingerprint density at radius 1 is 1.00 bits per heavy atom. The summed E-state index contributed by atoms with van der Waals surface area (Å²) in [7, 11) is 0. The van der Waals surface area contributed by atoms with Gasteiger partial charge in [-0.2, -0.15) is 0 Å². The SMILES string of the molecule is Cc1c(CN)cccc1-c1cc(COc2ccccc2CC=O)cc2ccoc12. The Kier molecular flexibility index (Phi) is 5.45. The summed E-state index contributed by atoms with van der Waals surface area (Å²) in [5, 5.41) is 1.03. The highest BCUT2D eigenvalue weighted by molar-refractivity contribution is 5.94. The Labute approximate surface area is 169 Å². The number of nitrogens with two attached hydrogens (primary N) is 1. The van der Waals surface area contributed by atoms with Crippen LogP contribution in [0, 0.1) is 6.92 Å². The molecule has 0 unspecified atom stereocenters. The molecule has 4 heteroatoms. The maximum atomic E-state index is 10.9. The Balaban J connectivity index is 1.72. The molecule has 0 spiro atoms. The van der Waals surface area contributed by atoms with E-state index in [-0.39, 0.29) is 0 Å². The van der Waals surface area contributed by atoms with Crippen LogP contribution in [0.15, 0.2) is 71.3 Å². The molecule has 0 aliphatic carbocycles. The van der Waals surface area contributed by atoms with Crippen LogP contribution in [0.1, 0.15) is 22.3 Å². The molecule has 0 aliphatic heterocycles. The van der Waals surface area contributed by atoms with Gasteiger partial charge in [-0.15, -0.1) is 0 Å². The maximum absolute atomic E-state index is 10.9. The largest absolute Gasteiger partial charge is 0.489 e. The Morgan fingerprint density at radius 3 is 2.66 bits per heavy atom. The zero-order valence-corrected chi connectivity index (χ0v) is 16.4. The van der Waals surface area contributed by atoms with Crippen LogP contribution < -0.4 is 10.5 Å². The zero-order chi connectivity index (χ0) is 20.2. The minimum absolute atomic E-state index is 0.341. The highest BCUT2D eigenvalue weighted by Gasteiger charge is 2.13. The Morgan fingerprint density at radius 2 is 1.83 bits per heavy atom. The standard InChI is InChI=1S/C25H23NO3/c1-17-21(15-26)6-4-7-22(17)23-14-18(13-20-10-12-28-25(20)23)16-29-24-8-3-2-5-19(24)9-11-27/h2-8,10-14H,9,15-16,26H2,1H3. The number of benzene rings is 3. The van der Waals surface area contributed by atoms with Gasteiger partial charge in [0.15, 0.2) is 0 Å². The smallest absolute Gasteiger partial charge is 0.141 e. The van der Waals surface area contributed by atoms with E-state index >= 15 is 0 Å². The molecule has 4 nitrogen and oxygen atoms in total. The first-order chi connectivity index (χ1) is 14.2. The fourth-order valence-corrected chi connectivity index (χ4v) is 3.69. The van der Waals surface area contributed by atoms with E-state index in [1.54, 1.807) is 6.26 Å². The van der Waals surface area contributed by atoms with E-state index < -0.39 is 0 Å². The van der Waals surface area contributed by atoms with Crippen LogP contribution in [0.5, 0.6) is 5.75 Å². The van der Waals surface area contributed by atoms with E-state index in [4.69, 9.17) is 14.9 Å². The van der Waals surface area contributed by atoms with Gasteiger partial charge in [-0.3, -0.25) is 0 Å². The fraction of sp³-hybridized carbons (Fsp3) is 0.160. The molecule has 0 amide bonds. The number of rotatable bonds is 7. The lowest BCUT2D eigenvalue weighted by Crippen LogP contribution is -2.01. The van der Waals surface area contributed by atoms with Crippen molar-refractivity contribution in [2.45, 2.75) is 26.5 Å². The molecule has 1 heterocycles. The van der Waals surface area contributed by atoms with Crippen LogP contribution in [0.4, 0.5) is 0 Å². The second-order valence-electron chi connectivity index (χ2n) is 7.04. The Hall–Kier alpha value is -3.37. The van der Waals surface area contributed by atoms with Gasteiger partial charge in [-0.05, 0) is 53.4 Å². The summed E-state index contributed by atoms with van der Waals surface area (Å²) in [6.45, 7) is 2.99. The predicted molar refractivity (Wildman–Crippen MR) is 115 cm³/mol. The highest BCUT2D eigenvalue weighted by atomic mass is 16.5. The van der Waals surface area contributed by atoms with Crippen LogP contribution >= 0.6 is 0 Å². The first-order valence-corrected chi connectivity index (χ1v) is 9.64. The van der Waals surface area contributed by atoms with E-state index in [1.165, 1.54) is 0 Å². The number of carbonyl (C=O) groups is 1. The van der Waals surface area contributed by atoms with E-state index in [2.05, 4.69) is 31.2 Å². The second kappa shape index (κ2) is 8.33. The summed E-state index contributed by atoms with van der Waals surface area (Å²) < 4.78 is 11.8. The van der Waals surface area contributed by atoms with Gasteiger partial charge < -0.3 is 19.7 Å². The lowest BCUT2D eigenvalue weighted by atomic mass is 9.94. The van der Waals surface area contributed by atoms with Crippen molar-refractivity contribution in [3.8, 4) is 16.9 Å². The van der Waals surface area contributed by atoms with E-state index in [1.807, 2.05) is 36.4 Å². The van der Waals surface area contributed by atoms with Crippen LogP contribution in [-0.2, 0) is 24.4 Å². The van der Waals surface area contributed by atoms with Gasteiger partial charge in [0, 0.05) is 29.5 Å². The van der Waals surface area contributed by atoms with Crippen molar-refractivity contribution < 1.29 is 13.9 Å². The lowest BCUT2D eigenvalue weighted by Gasteiger charge is -2.14. The number of aldehydes is 1. The molecule has 0 saturated carbocycles. The first-order valence-electron chi connectivity index (χ1n) is 9.64. The third kappa shape index (κ3) is 3.80. The molecule has 0 fully saturated rings. The Bertz CT molecular complexity index is 1160. The molecular formula is C25H23NO3. The summed E-state index contributed by atoms with van der Waals surface area (Å²) in [6.07, 6.45) is 2.94. The quantitative estimate of drug-likeness (QED) is 0.445. The summed E-state index contributed by atoms with van der Waals surface area (Å²) in [4.78, 5) is 10.9. The number of hydrogen-bond donors (Lipinski definition) is 1. The van der Waals surface area contributed by atoms with E-state index in [0.29, 0.717) is 19.6 Å². The minimum atomic E-state index is 0.341. The molecule has 4 rings (SSSR count). The first kappa shape index (κ1) is 19.0. The molecule has 0 atom stereocenters. The summed E-state index contributed by atoms with van der Waals surface area (Å²) >= 11 is 0. The van der Waals surface area contributed by atoms with Crippen LogP contribution in [-0.4, -0.2) is 6.29 Å². The summed E-state index contributed by atoms with van der Waals surface area (Å²) in [5.41, 5.74) is 13.1. The van der Waals surface area contributed by atoms with Gasteiger partial charge in [0.05, 0.1) is 6.26 Å². The molecule has 0 bridgehead atoms. The maximum Gasteiger partial charge on any atom is 0.141 e. The molecule has 0 radical (unpaired) electrons. The van der Waals surface area contributed by atoms with Crippen molar-refractivity contribution in [2.24, 2.45) is 5.73 Å². The normalized spacial score (nSPS) is 11.0. The van der Waals surface area contributed by atoms with E-state index in [9.17, 15) is 4.79 Å². The average Bonchev–Trinajstić information content (AvgIpc) is 3.22. The summed E-state index contributed by atoms with van der Waals surface area (Å²) in [6, 6.07) is 19.9. The van der Waals surface area contributed by atoms with Gasteiger partial charge >= 0.3 is 0 Å². The molecule has 2 N–H and O–H groups in total. The van der Waals surface area contributed by atoms with Crippen LogP contribution in [0.3, 0.4) is 0 Å². The van der Waals surface area contributed by atoms with Gasteiger partial charge in [-0.1, -0.05) is 36.4 Å². The molecule has 1 aromatic heterocycles. The van der Waals surface area contributed by atoms with Crippen LogP contribution in [0.2, 0.25) is 0 Å². The fourth-order valence-electron chi connectivity index (χ4n) is 3.69. The van der Waals surface area contributed by atoms with Crippen molar-refractivity contribution in [1.29, 1.82) is 0 Å². The topological polar surface area (TPSA) is 65.5 Å². The van der Waals surface area contributed by atoms with Gasteiger partial charge in [0.1, 0.15) is 24.2 Å². The molecule has 146 valence electrons. The molecule has 29 heavy (non-hydrogen) atoms. The van der Waals surface area contributed by atoms with Crippen molar-refractivity contribution >= 4 is 17.3 Å². The second-order valence-corrected chi connectivity index (χ2v) is 7.04. The van der Waals surface area contributed by atoms with Crippen molar-refractivity contribution in [1.82, 2.24) is 0 Å². The number of hydrogen-bond acceptors (Lipinski definition) is 4. The highest BCUT2D eigenvalue weighted by Crippen LogP contribution is 2.34. The molecule has 4 aromatic rings. The zero-order valence-electron chi connectivity index (χ0n) is 16.4. The third-order valence-electron chi connectivity index (χ3n) is 5.24. The predicted octanol–water partition coefficient (Wildman–Crippen LogP) is 5.19. The number of furan rings is 1. The number of ether oxygens (including phenoxy) is 1. The minimum Gasteiger partial charge on any atom is -0.489 e. The number of para-hydroxylation sites is 1. The summed E-state index contributed by atoms with van der Waals surface area (Å²) in [5.74, 6) is 0.731. The number of fused-ring (bicyclic) bond motifs is 1. The van der Waals surface area contributed by atoms with Crippen molar-refractivity contribution in [3.05, 3.63) is 89.2 Å². The van der Waals surface area contributed by atoms with Crippen molar-refractivity contribution in [3.63, 3.8) is 0 Å². The number of carbonyl (C=O) groups excluding carboxylic acids is 1. The molecular weight excluding hydrogens is 362 g/mol. The average molecular weight is 385 g/mol. The monoisotopic (exact) mass is 385 g/mol. The van der Waals surface area contributed by atoms with Crippen LogP contribution in [0.25, 0.3) is 22.1 Å². The third-order valence-corrected chi connectivity index (χ3v) is 5.24. The molecule has 0 aliphatic rings. The van der Waals surface area contributed by atoms with Gasteiger partial charge in [0.2, 0.25) is 0 Å². The van der Waals surface area contributed by atoms with Gasteiger partial charge in [0.25, 0.3) is 0 Å². The lowest BCUT2D eigenvalue weighted by molar-refractivity contribution is -0.107.